The molecule has 1 unspecified atom stereocenters. The lowest BCUT2D eigenvalue weighted by Crippen LogP contribution is -2.41. The molecule has 0 bridgehead atoms. The fourth-order valence-electron chi connectivity index (χ4n) is 1.62. The largest absolute Gasteiger partial charge is 0.480 e. The molecule has 0 aliphatic heterocycles. The van der Waals surface area contributed by atoms with Crippen molar-refractivity contribution in [3.05, 3.63) is 30.3 Å². The van der Waals surface area contributed by atoms with Gasteiger partial charge in [0.05, 0.1) is 12.5 Å². The van der Waals surface area contributed by atoms with Crippen molar-refractivity contribution >= 4 is 11.7 Å². The maximum Gasteiger partial charge on any atom is 0.327 e. The molecule has 0 aromatic heterocycles. The highest BCUT2D eigenvalue weighted by molar-refractivity contribution is 5.78. The number of carbonyl (C=O) groups is 1. The summed E-state index contributed by atoms with van der Waals surface area (Å²) < 4.78 is 0. The third-order valence-corrected chi connectivity index (χ3v) is 2.37. The number of nitriles is 1. The topological polar surface area (TPSA) is 64.3 Å². The first kappa shape index (κ1) is 12.1. The molecule has 16 heavy (non-hydrogen) atoms. The minimum Gasteiger partial charge on any atom is -0.480 e. The van der Waals surface area contributed by atoms with E-state index in [2.05, 4.69) is 0 Å². The van der Waals surface area contributed by atoms with E-state index in [0.717, 1.165) is 5.69 Å². The van der Waals surface area contributed by atoms with Crippen LogP contribution in [0.15, 0.2) is 30.3 Å². The summed E-state index contributed by atoms with van der Waals surface area (Å²) in [6.45, 7) is 2.43. The summed E-state index contributed by atoms with van der Waals surface area (Å²) >= 11 is 0. The van der Waals surface area contributed by atoms with E-state index in [1.165, 1.54) is 0 Å². The highest BCUT2D eigenvalue weighted by Gasteiger charge is 2.24. The molecule has 1 rings (SSSR count). The van der Waals surface area contributed by atoms with Crippen LogP contribution in [0.1, 0.15) is 13.3 Å². The fourth-order valence-corrected chi connectivity index (χ4v) is 1.62. The van der Waals surface area contributed by atoms with E-state index in [0.29, 0.717) is 6.54 Å². The summed E-state index contributed by atoms with van der Waals surface area (Å²) in [7, 11) is 0. The first-order valence-corrected chi connectivity index (χ1v) is 5.12. The second kappa shape index (κ2) is 5.76. The van der Waals surface area contributed by atoms with Crippen molar-refractivity contribution in [1.82, 2.24) is 0 Å². The third-order valence-electron chi connectivity index (χ3n) is 2.37. The van der Waals surface area contributed by atoms with Crippen LogP contribution in [0.4, 0.5) is 5.69 Å². The smallest absolute Gasteiger partial charge is 0.327 e. The normalized spacial score (nSPS) is 11.5. The lowest BCUT2D eigenvalue weighted by molar-refractivity contribution is -0.138. The molecule has 0 saturated heterocycles. The SMILES string of the molecule is CCN(c1ccccc1)C(CC#N)C(=O)O. The van der Waals surface area contributed by atoms with E-state index in [9.17, 15) is 4.79 Å². The summed E-state index contributed by atoms with van der Waals surface area (Å²) in [5, 5.41) is 17.7. The molecule has 0 spiro atoms. The van der Waals surface area contributed by atoms with Gasteiger partial charge in [0.25, 0.3) is 0 Å². The van der Waals surface area contributed by atoms with Gasteiger partial charge in [0.15, 0.2) is 0 Å². The summed E-state index contributed by atoms with van der Waals surface area (Å²) in [6.07, 6.45) is -0.0158. The Balaban J connectivity index is 2.96. The van der Waals surface area contributed by atoms with E-state index in [1.807, 2.05) is 43.3 Å². The van der Waals surface area contributed by atoms with Gasteiger partial charge in [0, 0.05) is 12.2 Å². The number of rotatable bonds is 5. The van der Waals surface area contributed by atoms with Crippen LogP contribution in [0.2, 0.25) is 0 Å². The van der Waals surface area contributed by atoms with E-state index in [4.69, 9.17) is 10.4 Å². The maximum absolute atomic E-state index is 11.1. The average Bonchev–Trinajstić information content (AvgIpc) is 2.30. The number of para-hydroxylation sites is 1. The number of anilines is 1. The van der Waals surface area contributed by atoms with Crippen molar-refractivity contribution in [2.24, 2.45) is 0 Å². The van der Waals surface area contributed by atoms with Crippen molar-refractivity contribution in [3.8, 4) is 6.07 Å². The molecule has 0 aliphatic rings. The Morgan fingerprint density at radius 1 is 1.50 bits per heavy atom. The van der Waals surface area contributed by atoms with Crippen LogP contribution in [0.3, 0.4) is 0 Å². The van der Waals surface area contributed by atoms with Gasteiger partial charge in [0.1, 0.15) is 6.04 Å². The zero-order chi connectivity index (χ0) is 12.0. The van der Waals surface area contributed by atoms with Crippen LogP contribution in [-0.4, -0.2) is 23.7 Å². The predicted molar refractivity (Wildman–Crippen MR) is 61.1 cm³/mol. The van der Waals surface area contributed by atoms with Gasteiger partial charge in [-0.15, -0.1) is 0 Å². The molecular weight excluding hydrogens is 204 g/mol. The quantitative estimate of drug-likeness (QED) is 0.819. The summed E-state index contributed by atoms with van der Waals surface area (Å²) in [6, 6.07) is 10.4. The Labute approximate surface area is 94.7 Å². The molecule has 0 fully saturated rings. The van der Waals surface area contributed by atoms with Crippen LogP contribution in [0, 0.1) is 11.3 Å². The Morgan fingerprint density at radius 3 is 2.56 bits per heavy atom. The van der Waals surface area contributed by atoms with Crippen LogP contribution < -0.4 is 4.90 Å². The highest BCUT2D eigenvalue weighted by atomic mass is 16.4. The second-order valence-electron chi connectivity index (χ2n) is 3.34. The molecular formula is C12H14N2O2. The number of benzene rings is 1. The van der Waals surface area contributed by atoms with Crippen molar-refractivity contribution < 1.29 is 9.90 Å². The van der Waals surface area contributed by atoms with E-state index in [1.54, 1.807) is 4.90 Å². The van der Waals surface area contributed by atoms with Crippen molar-refractivity contribution in [1.29, 1.82) is 5.26 Å². The first-order chi connectivity index (χ1) is 7.70. The van der Waals surface area contributed by atoms with Gasteiger partial charge in [-0.25, -0.2) is 4.79 Å². The molecule has 0 radical (unpaired) electrons. The number of hydrogen-bond acceptors (Lipinski definition) is 3. The van der Waals surface area contributed by atoms with Gasteiger partial charge in [-0.05, 0) is 19.1 Å². The average molecular weight is 218 g/mol. The van der Waals surface area contributed by atoms with Gasteiger partial charge in [0.2, 0.25) is 0 Å². The van der Waals surface area contributed by atoms with Crippen molar-refractivity contribution in [2.45, 2.75) is 19.4 Å². The lowest BCUT2D eigenvalue weighted by atomic mass is 10.1. The molecule has 4 heteroatoms. The summed E-state index contributed by atoms with van der Waals surface area (Å²) in [4.78, 5) is 12.8. The number of carboxylic acids is 1. The molecule has 84 valence electrons. The third kappa shape index (κ3) is 2.74. The molecule has 0 aliphatic carbocycles. The first-order valence-electron chi connectivity index (χ1n) is 5.12. The molecule has 0 amide bonds. The molecule has 4 nitrogen and oxygen atoms in total. The van der Waals surface area contributed by atoms with Gasteiger partial charge in [-0.3, -0.25) is 0 Å². The second-order valence-corrected chi connectivity index (χ2v) is 3.34. The zero-order valence-electron chi connectivity index (χ0n) is 9.13. The summed E-state index contributed by atoms with van der Waals surface area (Å²) in [5.74, 6) is -0.966. The van der Waals surface area contributed by atoms with Crippen LogP contribution >= 0.6 is 0 Å². The minimum atomic E-state index is -0.966. The van der Waals surface area contributed by atoms with E-state index >= 15 is 0 Å². The number of carboxylic acid groups (broad SMARTS) is 1. The molecule has 1 aromatic rings. The molecule has 0 heterocycles. The van der Waals surface area contributed by atoms with Crippen LogP contribution in [-0.2, 0) is 4.79 Å². The Bertz CT molecular complexity index is 384. The zero-order valence-corrected chi connectivity index (χ0v) is 9.13. The molecule has 1 aromatic carbocycles. The maximum atomic E-state index is 11.1. The summed E-state index contributed by atoms with van der Waals surface area (Å²) in [5.41, 5.74) is 0.827. The number of aliphatic carboxylic acids is 1. The Kier molecular flexibility index (Phi) is 4.34. The molecule has 0 saturated carbocycles. The minimum absolute atomic E-state index is 0.0158. The van der Waals surface area contributed by atoms with Crippen LogP contribution in [0.5, 0.6) is 0 Å². The standard InChI is InChI=1S/C12H14N2O2/c1-2-14(10-6-4-3-5-7-10)11(8-9-13)12(15)16/h3-7,11H,2,8H2,1H3,(H,15,16). The van der Waals surface area contributed by atoms with Gasteiger partial charge < -0.3 is 10.0 Å². The van der Waals surface area contributed by atoms with Crippen LogP contribution in [0.25, 0.3) is 0 Å². The monoisotopic (exact) mass is 218 g/mol. The lowest BCUT2D eigenvalue weighted by Gasteiger charge is -2.28. The number of hydrogen-bond donors (Lipinski definition) is 1. The van der Waals surface area contributed by atoms with E-state index < -0.39 is 12.0 Å². The van der Waals surface area contributed by atoms with Gasteiger partial charge >= 0.3 is 5.97 Å². The van der Waals surface area contributed by atoms with Gasteiger partial charge in [-0.1, -0.05) is 18.2 Å². The molecule has 1 N–H and O–H groups in total. The number of nitrogens with zero attached hydrogens (tertiary/aromatic N) is 2. The predicted octanol–water partition coefficient (Wildman–Crippen LogP) is 1.88. The van der Waals surface area contributed by atoms with E-state index in [-0.39, 0.29) is 6.42 Å². The highest BCUT2D eigenvalue weighted by Crippen LogP contribution is 2.17. The fraction of sp³-hybridized carbons (Fsp3) is 0.333. The van der Waals surface area contributed by atoms with Gasteiger partial charge in [-0.2, -0.15) is 5.26 Å². The Morgan fingerprint density at radius 2 is 2.12 bits per heavy atom. The van der Waals surface area contributed by atoms with Crippen molar-refractivity contribution in [2.75, 3.05) is 11.4 Å². The molecule has 1 atom stereocenters. The number of likely N-dealkylation sites (N-methyl/N-ethyl adjacent to an activating group) is 1. The van der Waals surface area contributed by atoms with Crippen molar-refractivity contribution in [3.63, 3.8) is 0 Å². The Hall–Kier alpha value is -2.02.